The average molecular weight is 498 g/mol. The zero-order valence-corrected chi connectivity index (χ0v) is 19.5. The number of phenolic OH excluding ortho intramolecular Hbond substituents is 1. The molecule has 0 aliphatic heterocycles. The Labute approximate surface area is 206 Å². The van der Waals surface area contributed by atoms with Gasteiger partial charge in [0.1, 0.15) is 11.4 Å². The summed E-state index contributed by atoms with van der Waals surface area (Å²) in [5.41, 5.74) is 8.39. The van der Waals surface area contributed by atoms with Crippen LogP contribution in [0.5, 0.6) is 5.75 Å². The quantitative estimate of drug-likeness (QED) is 0.132. The van der Waals surface area contributed by atoms with Gasteiger partial charge in [-0.25, -0.2) is 0 Å². The molecular weight excluding hydrogens is 478 g/mol. The van der Waals surface area contributed by atoms with E-state index in [-0.39, 0.29) is 16.3 Å². The first-order valence-electron chi connectivity index (χ1n) is 10.7. The number of hydrogen-bond acceptors (Lipinski definition) is 8. The number of nitrogen functional groups attached to an aromatic ring is 1. The zero-order chi connectivity index (χ0) is 25.3. The molecule has 0 spiro atoms. The van der Waals surface area contributed by atoms with Gasteiger partial charge in [0.05, 0.1) is 22.0 Å². The smallest absolute Gasteiger partial charge is 0.294 e. The molecule has 9 nitrogen and oxygen atoms in total. The van der Waals surface area contributed by atoms with E-state index in [9.17, 15) is 18.1 Å². The molecule has 0 saturated carbocycles. The predicted molar refractivity (Wildman–Crippen MR) is 139 cm³/mol. The Morgan fingerprint density at radius 1 is 0.667 bits per heavy atom. The van der Waals surface area contributed by atoms with E-state index < -0.39 is 10.1 Å². The fourth-order valence-corrected chi connectivity index (χ4v) is 4.26. The van der Waals surface area contributed by atoms with Crippen molar-refractivity contribution in [3.8, 4) is 5.75 Å². The van der Waals surface area contributed by atoms with Gasteiger partial charge in [0.25, 0.3) is 10.1 Å². The highest BCUT2D eigenvalue weighted by molar-refractivity contribution is 7.85. The van der Waals surface area contributed by atoms with Gasteiger partial charge in [-0.3, -0.25) is 4.55 Å². The Kier molecular flexibility index (Phi) is 5.88. The molecule has 4 N–H and O–H groups in total. The lowest BCUT2D eigenvalue weighted by molar-refractivity contribution is 0.477. The molecule has 0 heterocycles. The molecule has 0 radical (unpaired) electrons. The first-order valence-corrected chi connectivity index (χ1v) is 12.2. The standard InChI is InChI=1S/C26H19N5O4S/c27-17-6-8-18(9-7-17)28-29-23-12-13-24(22-4-2-1-3-21(22)23)30-31-26-20-11-10-19(36(33,34)35)15-16(20)5-14-25(26)32/h1-15,32H,27H2,(H,33,34,35). The lowest BCUT2D eigenvalue weighted by atomic mass is 10.1. The van der Waals surface area contributed by atoms with Gasteiger partial charge in [0, 0.05) is 21.8 Å². The molecule has 10 heteroatoms. The third-order valence-corrected chi connectivity index (χ3v) is 6.39. The molecule has 0 aliphatic carbocycles. The van der Waals surface area contributed by atoms with Crippen LogP contribution in [0, 0.1) is 0 Å². The predicted octanol–water partition coefficient (Wildman–Crippen LogP) is 7.36. The molecule has 178 valence electrons. The number of rotatable bonds is 5. The normalized spacial score (nSPS) is 12.2. The molecule has 5 aromatic rings. The summed E-state index contributed by atoms with van der Waals surface area (Å²) in [4.78, 5) is -0.252. The number of phenols is 1. The van der Waals surface area contributed by atoms with Crippen molar-refractivity contribution in [3.05, 3.63) is 91.0 Å². The molecule has 0 aliphatic rings. The highest BCUT2D eigenvalue weighted by atomic mass is 32.2. The number of benzene rings is 5. The van der Waals surface area contributed by atoms with Crippen molar-refractivity contribution in [3.63, 3.8) is 0 Å². The van der Waals surface area contributed by atoms with Crippen LogP contribution in [0.3, 0.4) is 0 Å². The van der Waals surface area contributed by atoms with Crippen molar-refractivity contribution in [2.24, 2.45) is 20.5 Å². The third-order valence-electron chi connectivity index (χ3n) is 5.54. The van der Waals surface area contributed by atoms with Crippen molar-refractivity contribution < 1.29 is 18.1 Å². The molecule has 0 amide bonds. The van der Waals surface area contributed by atoms with E-state index in [4.69, 9.17) is 5.73 Å². The largest absolute Gasteiger partial charge is 0.506 e. The van der Waals surface area contributed by atoms with Crippen LogP contribution in [0.15, 0.2) is 116 Å². The summed E-state index contributed by atoms with van der Waals surface area (Å²) < 4.78 is 32.3. The minimum absolute atomic E-state index is 0.121. The van der Waals surface area contributed by atoms with Crippen LogP contribution < -0.4 is 5.73 Å². The summed E-state index contributed by atoms with van der Waals surface area (Å²) in [6.45, 7) is 0. The van der Waals surface area contributed by atoms with E-state index in [1.807, 2.05) is 24.3 Å². The number of fused-ring (bicyclic) bond motifs is 2. The number of nitrogens with zero attached hydrogens (tertiary/aromatic N) is 4. The second-order valence-electron chi connectivity index (χ2n) is 7.93. The van der Waals surface area contributed by atoms with E-state index in [1.54, 1.807) is 36.4 Å². The highest BCUT2D eigenvalue weighted by Gasteiger charge is 2.13. The summed E-state index contributed by atoms with van der Waals surface area (Å²) in [6.07, 6.45) is 0. The third kappa shape index (κ3) is 4.63. The van der Waals surface area contributed by atoms with Gasteiger partial charge in [0.2, 0.25) is 0 Å². The van der Waals surface area contributed by atoms with Gasteiger partial charge < -0.3 is 10.8 Å². The molecule has 0 saturated heterocycles. The lowest BCUT2D eigenvalue weighted by Gasteiger charge is -2.07. The van der Waals surface area contributed by atoms with Crippen molar-refractivity contribution in [1.29, 1.82) is 0 Å². The van der Waals surface area contributed by atoms with Crippen LogP contribution in [-0.4, -0.2) is 18.1 Å². The topological polar surface area (TPSA) is 150 Å². The first-order chi connectivity index (χ1) is 17.3. The lowest BCUT2D eigenvalue weighted by Crippen LogP contribution is -1.97. The molecule has 0 unspecified atom stereocenters. The molecule has 0 aromatic heterocycles. The molecule has 0 bridgehead atoms. The second-order valence-corrected chi connectivity index (χ2v) is 9.35. The fourth-order valence-electron chi connectivity index (χ4n) is 3.74. The molecule has 5 aromatic carbocycles. The first kappa shape index (κ1) is 23.1. The van der Waals surface area contributed by atoms with Crippen molar-refractivity contribution in [2.75, 3.05) is 5.73 Å². The van der Waals surface area contributed by atoms with Crippen molar-refractivity contribution >= 4 is 60.1 Å². The summed E-state index contributed by atoms with van der Waals surface area (Å²) in [6, 6.07) is 25.1. The van der Waals surface area contributed by atoms with Gasteiger partial charge in [-0.2, -0.15) is 13.5 Å². The molecule has 0 atom stereocenters. The Balaban J connectivity index is 1.55. The monoisotopic (exact) mass is 497 g/mol. The van der Waals surface area contributed by atoms with Crippen LogP contribution in [0.2, 0.25) is 0 Å². The maximum Gasteiger partial charge on any atom is 0.294 e. The second kappa shape index (κ2) is 9.17. The van der Waals surface area contributed by atoms with E-state index in [1.165, 1.54) is 30.3 Å². The number of azo groups is 2. The maximum absolute atomic E-state index is 11.5. The van der Waals surface area contributed by atoms with Gasteiger partial charge >= 0.3 is 0 Å². The number of aromatic hydroxyl groups is 1. The Bertz CT molecular complexity index is 1780. The van der Waals surface area contributed by atoms with Gasteiger partial charge in [-0.05, 0) is 60.0 Å². The minimum Gasteiger partial charge on any atom is -0.506 e. The summed E-state index contributed by atoms with van der Waals surface area (Å²) in [5, 5.41) is 30.3. The van der Waals surface area contributed by atoms with Crippen molar-refractivity contribution in [1.82, 2.24) is 0 Å². The highest BCUT2D eigenvalue weighted by Crippen LogP contribution is 2.39. The van der Waals surface area contributed by atoms with Crippen LogP contribution in [0.25, 0.3) is 21.5 Å². The molecular formula is C26H19N5O4S. The summed E-state index contributed by atoms with van der Waals surface area (Å²) in [7, 11) is -4.36. The van der Waals surface area contributed by atoms with E-state index >= 15 is 0 Å². The fraction of sp³-hybridized carbons (Fsp3) is 0. The van der Waals surface area contributed by atoms with Crippen molar-refractivity contribution in [2.45, 2.75) is 4.90 Å². The summed E-state index contributed by atoms with van der Waals surface area (Å²) >= 11 is 0. The van der Waals surface area contributed by atoms with Gasteiger partial charge in [-0.15, -0.1) is 15.3 Å². The number of nitrogens with two attached hydrogens (primary N) is 1. The minimum atomic E-state index is -4.36. The Morgan fingerprint density at radius 2 is 1.31 bits per heavy atom. The summed E-state index contributed by atoms with van der Waals surface area (Å²) in [5.74, 6) is -0.121. The molecule has 0 fully saturated rings. The van der Waals surface area contributed by atoms with Gasteiger partial charge in [0.15, 0.2) is 0 Å². The number of hydrogen-bond donors (Lipinski definition) is 3. The average Bonchev–Trinajstić information content (AvgIpc) is 2.87. The zero-order valence-electron chi connectivity index (χ0n) is 18.6. The Hall–Kier alpha value is -4.67. The molecule has 5 rings (SSSR count). The van der Waals surface area contributed by atoms with Gasteiger partial charge in [-0.1, -0.05) is 36.4 Å². The SMILES string of the molecule is Nc1ccc(N=Nc2ccc(N=Nc3c(O)ccc4cc(S(=O)(=O)O)ccc34)c3ccccc23)cc1. The van der Waals surface area contributed by atoms with Crippen LogP contribution in [-0.2, 0) is 10.1 Å². The van der Waals surface area contributed by atoms with E-state index in [2.05, 4.69) is 20.5 Å². The molecule has 36 heavy (non-hydrogen) atoms. The maximum atomic E-state index is 11.5. The van der Waals surface area contributed by atoms with Crippen LogP contribution >= 0.6 is 0 Å². The van der Waals surface area contributed by atoms with E-state index in [0.29, 0.717) is 33.5 Å². The van der Waals surface area contributed by atoms with E-state index in [0.717, 1.165) is 10.8 Å². The Morgan fingerprint density at radius 3 is 1.94 bits per heavy atom. The van der Waals surface area contributed by atoms with Crippen LogP contribution in [0.1, 0.15) is 0 Å². The van der Waals surface area contributed by atoms with Crippen LogP contribution in [0.4, 0.5) is 28.4 Å². The number of anilines is 1.